The van der Waals surface area contributed by atoms with Crippen LogP contribution < -0.4 is 5.73 Å². The van der Waals surface area contributed by atoms with Crippen molar-refractivity contribution < 1.29 is 0 Å². The number of nitrogens with zero attached hydrogens (tertiary/aromatic N) is 1. The van der Waals surface area contributed by atoms with E-state index in [9.17, 15) is 0 Å². The normalized spacial score (nSPS) is 16.3. The maximum Gasteiger partial charge on any atom is 0.0467 e. The SMILES string of the molecule is CN(CCc1cccs1)C(CN)c1ccc(C2CC2)cc1. The van der Waals surface area contributed by atoms with E-state index in [-0.39, 0.29) is 0 Å². The van der Waals surface area contributed by atoms with Gasteiger partial charge in [-0.15, -0.1) is 11.3 Å². The van der Waals surface area contributed by atoms with Crippen LogP contribution in [0, 0.1) is 0 Å². The first-order chi connectivity index (χ1) is 10.3. The van der Waals surface area contributed by atoms with Gasteiger partial charge in [0.15, 0.2) is 0 Å². The van der Waals surface area contributed by atoms with Crippen LogP contribution in [0.15, 0.2) is 41.8 Å². The van der Waals surface area contributed by atoms with Gasteiger partial charge in [0.25, 0.3) is 0 Å². The van der Waals surface area contributed by atoms with Crippen molar-refractivity contribution in [3.63, 3.8) is 0 Å². The molecule has 1 fully saturated rings. The summed E-state index contributed by atoms with van der Waals surface area (Å²) in [7, 11) is 2.18. The van der Waals surface area contributed by atoms with Crippen LogP contribution in [0.4, 0.5) is 0 Å². The number of nitrogens with two attached hydrogens (primary N) is 1. The van der Waals surface area contributed by atoms with E-state index in [1.807, 2.05) is 11.3 Å². The van der Waals surface area contributed by atoms with Gasteiger partial charge < -0.3 is 5.73 Å². The van der Waals surface area contributed by atoms with Crippen molar-refractivity contribution in [2.75, 3.05) is 20.1 Å². The van der Waals surface area contributed by atoms with Gasteiger partial charge in [-0.25, -0.2) is 0 Å². The van der Waals surface area contributed by atoms with E-state index in [1.54, 1.807) is 0 Å². The summed E-state index contributed by atoms with van der Waals surface area (Å²) >= 11 is 1.83. The first-order valence-corrected chi connectivity index (χ1v) is 8.68. The summed E-state index contributed by atoms with van der Waals surface area (Å²) in [5.41, 5.74) is 8.87. The average molecular weight is 300 g/mol. The first kappa shape index (κ1) is 14.8. The second kappa shape index (κ2) is 6.73. The van der Waals surface area contributed by atoms with Gasteiger partial charge in [-0.05, 0) is 54.8 Å². The van der Waals surface area contributed by atoms with Crippen LogP contribution in [0.1, 0.15) is 40.8 Å². The monoisotopic (exact) mass is 300 g/mol. The lowest BCUT2D eigenvalue weighted by Crippen LogP contribution is -2.32. The molecule has 0 radical (unpaired) electrons. The second-order valence-electron chi connectivity index (χ2n) is 6.00. The molecule has 1 saturated carbocycles. The molecule has 1 aromatic carbocycles. The Hall–Kier alpha value is -1.16. The number of benzene rings is 1. The predicted molar refractivity (Wildman–Crippen MR) is 90.9 cm³/mol. The molecule has 1 aromatic heterocycles. The average Bonchev–Trinajstić information content (AvgIpc) is 3.23. The number of hydrogen-bond acceptors (Lipinski definition) is 3. The van der Waals surface area contributed by atoms with E-state index >= 15 is 0 Å². The Bertz CT molecular complexity index is 543. The van der Waals surface area contributed by atoms with Crippen molar-refractivity contribution in [2.45, 2.75) is 31.2 Å². The van der Waals surface area contributed by atoms with Gasteiger partial charge in [-0.1, -0.05) is 30.3 Å². The van der Waals surface area contributed by atoms with E-state index in [0.717, 1.165) is 18.9 Å². The minimum atomic E-state index is 0.318. The van der Waals surface area contributed by atoms with Gasteiger partial charge in [0, 0.05) is 24.0 Å². The summed E-state index contributed by atoms with van der Waals surface area (Å²) in [4.78, 5) is 3.83. The Kier molecular flexibility index (Phi) is 4.73. The number of hydrogen-bond donors (Lipinski definition) is 1. The molecule has 3 rings (SSSR count). The van der Waals surface area contributed by atoms with Crippen LogP contribution in [0.5, 0.6) is 0 Å². The van der Waals surface area contributed by atoms with Crippen molar-refractivity contribution in [1.29, 1.82) is 0 Å². The quantitative estimate of drug-likeness (QED) is 0.842. The highest BCUT2D eigenvalue weighted by Gasteiger charge is 2.23. The van der Waals surface area contributed by atoms with Crippen LogP contribution in [-0.4, -0.2) is 25.0 Å². The van der Waals surface area contributed by atoms with Crippen molar-refractivity contribution in [2.24, 2.45) is 5.73 Å². The third-order valence-corrected chi connectivity index (χ3v) is 5.35. The molecule has 0 amide bonds. The van der Waals surface area contributed by atoms with Crippen molar-refractivity contribution in [1.82, 2.24) is 4.90 Å². The van der Waals surface area contributed by atoms with Gasteiger partial charge in [0.2, 0.25) is 0 Å². The highest BCUT2D eigenvalue weighted by atomic mass is 32.1. The van der Waals surface area contributed by atoms with Gasteiger partial charge in [-0.2, -0.15) is 0 Å². The first-order valence-electron chi connectivity index (χ1n) is 7.80. The van der Waals surface area contributed by atoms with E-state index in [1.165, 1.54) is 28.8 Å². The topological polar surface area (TPSA) is 29.3 Å². The second-order valence-corrected chi connectivity index (χ2v) is 7.03. The third-order valence-electron chi connectivity index (χ3n) is 4.42. The molecule has 112 valence electrons. The van der Waals surface area contributed by atoms with Gasteiger partial charge in [0.1, 0.15) is 0 Å². The molecule has 1 atom stereocenters. The Morgan fingerprint density at radius 2 is 2.00 bits per heavy atom. The van der Waals surface area contributed by atoms with Gasteiger partial charge in [0.05, 0.1) is 0 Å². The summed E-state index contributed by atoms with van der Waals surface area (Å²) in [5, 5.41) is 2.15. The Labute approximate surface area is 131 Å². The minimum absolute atomic E-state index is 0.318. The fraction of sp³-hybridized carbons (Fsp3) is 0.444. The fourth-order valence-corrected chi connectivity index (χ4v) is 3.57. The van der Waals surface area contributed by atoms with Crippen LogP contribution in [0.3, 0.4) is 0 Å². The van der Waals surface area contributed by atoms with Crippen LogP contribution in [0.2, 0.25) is 0 Å². The highest BCUT2D eigenvalue weighted by molar-refractivity contribution is 7.09. The number of likely N-dealkylation sites (N-methyl/N-ethyl adjacent to an activating group) is 1. The summed E-state index contributed by atoms with van der Waals surface area (Å²) < 4.78 is 0. The smallest absolute Gasteiger partial charge is 0.0467 e. The lowest BCUT2D eigenvalue weighted by molar-refractivity contribution is 0.254. The summed E-state index contributed by atoms with van der Waals surface area (Å²) in [6.07, 6.45) is 3.82. The molecule has 0 saturated heterocycles. The van der Waals surface area contributed by atoms with E-state index in [0.29, 0.717) is 12.6 Å². The predicted octanol–water partition coefficient (Wildman–Crippen LogP) is 3.80. The Morgan fingerprint density at radius 3 is 2.57 bits per heavy atom. The molecule has 0 bridgehead atoms. The molecule has 2 N–H and O–H groups in total. The largest absolute Gasteiger partial charge is 0.329 e. The molecular formula is C18H24N2S. The summed E-state index contributed by atoms with van der Waals surface area (Å²) in [6.45, 7) is 1.72. The van der Waals surface area contributed by atoms with Crippen LogP contribution >= 0.6 is 11.3 Å². The summed E-state index contributed by atoms with van der Waals surface area (Å²) in [5.74, 6) is 0.826. The van der Waals surface area contributed by atoms with Crippen molar-refractivity contribution in [3.05, 3.63) is 57.8 Å². The molecule has 0 aliphatic heterocycles. The van der Waals surface area contributed by atoms with Crippen molar-refractivity contribution >= 4 is 11.3 Å². The molecule has 21 heavy (non-hydrogen) atoms. The van der Waals surface area contributed by atoms with E-state index in [4.69, 9.17) is 5.73 Å². The number of rotatable bonds is 7. The standard InChI is InChI=1S/C18H24N2S/c1-20(11-10-17-3-2-12-21-17)18(13-19)16-8-6-15(7-9-16)14-4-5-14/h2-3,6-9,12,14,18H,4-5,10-11,13,19H2,1H3. The van der Waals surface area contributed by atoms with Crippen LogP contribution in [-0.2, 0) is 6.42 Å². The maximum atomic E-state index is 6.03. The Balaban J connectivity index is 1.62. The zero-order valence-corrected chi connectivity index (χ0v) is 13.5. The molecule has 1 heterocycles. The minimum Gasteiger partial charge on any atom is -0.329 e. The fourth-order valence-electron chi connectivity index (χ4n) is 2.87. The third kappa shape index (κ3) is 3.73. The molecule has 0 spiro atoms. The zero-order valence-electron chi connectivity index (χ0n) is 12.7. The van der Waals surface area contributed by atoms with Crippen molar-refractivity contribution in [3.8, 4) is 0 Å². The van der Waals surface area contributed by atoms with Gasteiger partial charge in [-0.3, -0.25) is 4.90 Å². The van der Waals surface area contributed by atoms with E-state index in [2.05, 4.69) is 53.7 Å². The molecule has 1 unspecified atom stereocenters. The highest BCUT2D eigenvalue weighted by Crippen LogP contribution is 2.40. The molecule has 3 heteroatoms. The Morgan fingerprint density at radius 1 is 1.24 bits per heavy atom. The summed E-state index contributed by atoms with van der Waals surface area (Å²) in [6, 6.07) is 13.8. The maximum absolute atomic E-state index is 6.03. The van der Waals surface area contributed by atoms with Gasteiger partial charge >= 0.3 is 0 Å². The molecule has 2 nitrogen and oxygen atoms in total. The number of thiophene rings is 1. The zero-order chi connectivity index (χ0) is 14.7. The lowest BCUT2D eigenvalue weighted by Gasteiger charge is -2.27. The molecular weight excluding hydrogens is 276 g/mol. The van der Waals surface area contributed by atoms with E-state index < -0.39 is 0 Å². The van der Waals surface area contributed by atoms with Crippen LogP contribution in [0.25, 0.3) is 0 Å². The molecule has 2 aromatic rings. The molecule has 1 aliphatic rings. The lowest BCUT2D eigenvalue weighted by atomic mass is 10.0. The molecule has 1 aliphatic carbocycles.